The van der Waals surface area contributed by atoms with Gasteiger partial charge in [-0.25, -0.2) is 9.59 Å². The van der Waals surface area contributed by atoms with Gasteiger partial charge in [-0.2, -0.15) is 10.5 Å². The van der Waals surface area contributed by atoms with Crippen molar-refractivity contribution < 1.29 is 19.1 Å². The Kier molecular flexibility index (Phi) is 8.20. The fourth-order valence-electron chi connectivity index (χ4n) is 2.87. The molecule has 0 amide bonds. The molecule has 0 unspecified atom stereocenters. The van der Waals surface area contributed by atoms with Gasteiger partial charge in [0.1, 0.15) is 25.4 Å². The molecule has 0 fully saturated rings. The van der Waals surface area contributed by atoms with Crippen molar-refractivity contribution in [2.75, 3.05) is 0 Å². The first-order valence-corrected chi connectivity index (χ1v) is 11.4. The van der Waals surface area contributed by atoms with E-state index in [2.05, 4.69) is 0 Å². The molecule has 0 aromatic heterocycles. The van der Waals surface area contributed by atoms with Crippen LogP contribution in [0.4, 0.5) is 0 Å². The average molecular weight is 648 g/mol. The fourth-order valence-corrected chi connectivity index (χ4v) is 5.15. The summed E-state index contributed by atoms with van der Waals surface area (Å²) in [6, 6.07) is 22.1. The lowest BCUT2D eigenvalue weighted by Crippen LogP contribution is -2.18. The van der Waals surface area contributed by atoms with Crippen LogP contribution in [-0.4, -0.2) is 11.9 Å². The number of benzene rings is 3. The van der Waals surface area contributed by atoms with Crippen LogP contribution < -0.4 is 0 Å². The molecule has 3 rings (SSSR count). The van der Waals surface area contributed by atoms with E-state index < -0.39 is 11.9 Å². The van der Waals surface area contributed by atoms with Gasteiger partial charge in [-0.1, -0.05) is 60.7 Å². The summed E-state index contributed by atoms with van der Waals surface area (Å²) in [6.07, 6.45) is 0. The molecule has 0 spiro atoms. The number of nitrogens with zero attached hydrogens (tertiary/aromatic N) is 2. The van der Waals surface area contributed by atoms with Crippen molar-refractivity contribution in [2.45, 2.75) is 13.2 Å². The highest BCUT2D eigenvalue weighted by molar-refractivity contribution is 14.1. The summed E-state index contributed by atoms with van der Waals surface area (Å²) in [5.74, 6) is -1.58. The van der Waals surface area contributed by atoms with Crippen molar-refractivity contribution in [3.8, 4) is 12.1 Å². The van der Waals surface area contributed by atoms with E-state index in [0.29, 0.717) is 0 Å². The van der Waals surface area contributed by atoms with Crippen LogP contribution in [-0.2, 0) is 22.7 Å². The Morgan fingerprint density at radius 2 is 1.06 bits per heavy atom. The SMILES string of the molecule is N#Cc1c(I)c(C(=O)OCc2ccccc2)c(C#N)c(C(=O)OCc2ccccc2)c1I. The van der Waals surface area contributed by atoms with E-state index in [0.717, 1.165) is 11.1 Å². The quantitative estimate of drug-likeness (QED) is 0.264. The van der Waals surface area contributed by atoms with Crippen LogP contribution in [0.15, 0.2) is 60.7 Å². The molecule has 0 aliphatic rings. The third kappa shape index (κ3) is 5.26. The van der Waals surface area contributed by atoms with E-state index in [4.69, 9.17) is 9.47 Å². The lowest BCUT2D eigenvalue weighted by atomic mass is 9.98. The molecule has 32 heavy (non-hydrogen) atoms. The minimum absolute atomic E-state index is 0.0116. The predicted molar refractivity (Wildman–Crippen MR) is 132 cm³/mol. The number of rotatable bonds is 6. The molecule has 0 bridgehead atoms. The number of hydrogen-bond donors (Lipinski definition) is 0. The van der Waals surface area contributed by atoms with E-state index in [1.54, 1.807) is 24.3 Å². The van der Waals surface area contributed by atoms with Gasteiger partial charge < -0.3 is 9.47 Å². The van der Waals surface area contributed by atoms with Gasteiger partial charge in [-0.05, 0) is 56.3 Å². The summed E-state index contributed by atoms with van der Waals surface area (Å²) < 4.78 is 11.3. The van der Waals surface area contributed by atoms with Crippen LogP contribution >= 0.6 is 45.2 Å². The molecular weight excluding hydrogens is 634 g/mol. The van der Waals surface area contributed by atoms with Crippen LogP contribution in [0, 0.1) is 29.8 Å². The summed E-state index contributed by atoms with van der Waals surface area (Å²) in [7, 11) is 0. The third-order valence-electron chi connectivity index (χ3n) is 4.44. The second-order valence-corrected chi connectivity index (χ2v) is 8.63. The summed E-state index contributed by atoms with van der Waals surface area (Å²) >= 11 is 3.65. The second-order valence-electron chi connectivity index (χ2n) is 6.48. The molecule has 0 saturated carbocycles. The van der Waals surface area contributed by atoms with Crippen molar-refractivity contribution in [2.24, 2.45) is 0 Å². The number of hydrogen-bond acceptors (Lipinski definition) is 6. The highest BCUT2D eigenvalue weighted by Crippen LogP contribution is 2.32. The topological polar surface area (TPSA) is 100 Å². The standard InChI is InChI=1S/C24H14I2N2O4/c25-21-18(12-28)22(26)20(24(30)32-14-16-9-5-2-6-10-16)17(11-27)19(21)23(29)31-13-15-7-3-1-4-8-15/h1-10H,13-14H2. The van der Waals surface area contributed by atoms with Gasteiger partial charge in [0.05, 0.1) is 22.3 Å². The van der Waals surface area contributed by atoms with Gasteiger partial charge in [0.15, 0.2) is 0 Å². The van der Waals surface area contributed by atoms with Crippen LogP contribution in [0.5, 0.6) is 0 Å². The van der Waals surface area contributed by atoms with E-state index in [1.165, 1.54) is 0 Å². The van der Waals surface area contributed by atoms with Gasteiger partial charge in [-0.3, -0.25) is 0 Å². The molecule has 0 atom stereocenters. The number of ether oxygens (including phenoxy) is 2. The van der Waals surface area contributed by atoms with Crippen molar-refractivity contribution in [3.63, 3.8) is 0 Å². The summed E-state index contributed by atoms with van der Waals surface area (Å²) in [5, 5.41) is 19.5. The third-order valence-corrected chi connectivity index (χ3v) is 6.59. The van der Waals surface area contributed by atoms with Crippen LogP contribution in [0.1, 0.15) is 43.0 Å². The lowest BCUT2D eigenvalue weighted by Gasteiger charge is -2.15. The lowest BCUT2D eigenvalue weighted by molar-refractivity contribution is 0.0468. The Morgan fingerprint density at radius 3 is 1.41 bits per heavy atom. The highest BCUT2D eigenvalue weighted by Gasteiger charge is 2.30. The summed E-state index contributed by atoms with van der Waals surface area (Å²) in [6.45, 7) is -0.0232. The predicted octanol–water partition coefficient (Wildman–Crippen LogP) is 5.35. The number of halogens is 2. The number of carbonyl (C=O) groups is 2. The van der Waals surface area contributed by atoms with E-state index in [9.17, 15) is 20.1 Å². The molecule has 0 N–H and O–H groups in total. The molecular formula is C24H14I2N2O4. The Balaban J connectivity index is 1.98. The zero-order valence-electron chi connectivity index (χ0n) is 16.5. The second kappa shape index (κ2) is 11.1. The van der Waals surface area contributed by atoms with E-state index in [1.807, 2.05) is 93.7 Å². The molecule has 0 radical (unpaired) electrons. The molecule has 8 heteroatoms. The van der Waals surface area contributed by atoms with Crippen molar-refractivity contribution in [1.29, 1.82) is 10.5 Å². The average Bonchev–Trinajstić information content (AvgIpc) is 2.82. The van der Waals surface area contributed by atoms with Crippen LogP contribution in [0.2, 0.25) is 0 Å². The number of esters is 2. The highest BCUT2D eigenvalue weighted by atomic mass is 127. The van der Waals surface area contributed by atoms with Gasteiger partial charge in [0.25, 0.3) is 0 Å². The molecule has 3 aromatic rings. The molecule has 6 nitrogen and oxygen atoms in total. The Labute approximate surface area is 212 Å². The van der Waals surface area contributed by atoms with Crippen molar-refractivity contribution >= 4 is 57.1 Å². The minimum atomic E-state index is -0.792. The zero-order chi connectivity index (χ0) is 23.1. The first kappa shape index (κ1) is 23.7. The molecule has 0 saturated heterocycles. The first-order valence-electron chi connectivity index (χ1n) is 9.25. The molecule has 3 aromatic carbocycles. The van der Waals surface area contributed by atoms with Crippen molar-refractivity contribution in [3.05, 3.63) is 101 Å². The normalized spacial score (nSPS) is 10.0. The number of nitriles is 2. The molecule has 0 aliphatic carbocycles. The van der Waals surface area contributed by atoms with Crippen molar-refractivity contribution in [1.82, 2.24) is 0 Å². The van der Waals surface area contributed by atoms with Gasteiger partial charge in [-0.15, -0.1) is 0 Å². The van der Waals surface area contributed by atoms with Crippen LogP contribution in [0.25, 0.3) is 0 Å². The summed E-state index contributed by atoms with van der Waals surface area (Å²) in [4.78, 5) is 25.8. The van der Waals surface area contributed by atoms with Crippen LogP contribution in [0.3, 0.4) is 0 Å². The van der Waals surface area contributed by atoms with Gasteiger partial charge in [0.2, 0.25) is 0 Å². The summed E-state index contributed by atoms with van der Waals surface area (Å²) in [5.41, 5.74) is 1.24. The Morgan fingerprint density at radius 1 is 0.688 bits per heavy atom. The Bertz CT molecular complexity index is 1160. The van der Waals surface area contributed by atoms with Gasteiger partial charge >= 0.3 is 11.9 Å². The minimum Gasteiger partial charge on any atom is -0.457 e. The number of carbonyl (C=O) groups excluding carboxylic acids is 2. The monoisotopic (exact) mass is 648 g/mol. The fraction of sp³-hybridized carbons (Fsp3) is 0.0833. The maximum Gasteiger partial charge on any atom is 0.340 e. The largest absolute Gasteiger partial charge is 0.457 e. The molecule has 0 heterocycles. The van der Waals surface area contributed by atoms with E-state index >= 15 is 0 Å². The Hall–Kier alpha value is -2.96. The maximum absolute atomic E-state index is 12.9. The first-order chi connectivity index (χ1) is 15.5. The smallest absolute Gasteiger partial charge is 0.340 e. The van der Waals surface area contributed by atoms with Gasteiger partial charge in [0, 0.05) is 7.14 Å². The van der Waals surface area contributed by atoms with E-state index in [-0.39, 0.29) is 42.6 Å². The maximum atomic E-state index is 12.9. The zero-order valence-corrected chi connectivity index (χ0v) is 20.8. The molecule has 0 aliphatic heterocycles. The molecule has 158 valence electrons.